The number of esters is 2. The Labute approximate surface area is 96.5 Å². The normalized spacial score (nSPS) is 25.4. The van der Waals surface area contributed by atoms with E-state index in [4.69, 9.17) is 17.5 Å². The second kappa shape index (κ2) is 5.89. The standard InChI is InChI=1S/C10H16BNO4/c1-3-15-9(13)7-5-12(11)6-8(7)10(14)16-4-2/h7-8H,3-6H2,1-2H3/t7-,8-/m0/s1. The molecule has 0 saturated carbocycles. The van der Waals surface area contributed by atoms with Gasteiger partial charge in [0.25, 0.3) is 0 Å². The van der Waals surface area contributed by atoms with Crippen LogP contribution in [0.15, 0.2) is 0 Å². The predicted molar refractivity (Wildman–Crippen MR) is 57.6 cm³/mol. The molecule has 6 heteroatoms. The van der Waals surface area contributed by atoms with E-state index in [0.717, 1.165) is 0 Å². The first kappa shape index (κ1) is 13.0. The van der Waals surface area contributed by atoms with Gasteiger partial charge < -0.3 is 14.3 Å². The van der Waals surface area contributed by atoms with Crippen molar-refractivity contribution in [3.05, 3.63) is 0 Å². The highest BCUT2D eigenvalue weighted by molar-refractivity contribution is 6.05. The van der Waals surface area contributed by atoms with Crippen LogP contribution in [0.4, 0.5) is 0 Å². The van der Waals surface area contributed by atoms with Crippen LogP contribution in [-0.2, 0) is 19.1 Å². The van der Waals surface area contributed by atoms with Crippen molar-refractivity contribution < 1.29 is 19.1 Å². The predicted octanol–water partition coefficient (Wildman–Crippen LogP) is -0.256. The van der Waals surface area contributed by atoms with Crippen molar-refractivity contribution in [1.82, 2.24) is 4.81 Å². The van der Waals surface area contributed by atoms with E-state index in [-0.39, 0.29) is 11.9 Å². The van der Waals surface area contributed by atoms with Crippen LogP contribution in [0.25, 0.3) is 0 Å². The molecule has 1 heterocycles. The zero-order chi connectivity index (χ0) is 12.1. The van der Waals surface area contributed by atoms with E-state index in [1.807, 2.05) is 0 Å². The van der Waals surface area contributed by atoms with Crippen molar-refractivity contribution in [1.29, 1.82) is 0 Å². The number of rotatable bonds is 4. The van der Waals surface area contributed by atoms with Crippen molar-refractivity contribution in [3.63, 3.8) is 0 Å². The highest BCUT2D eigenvalue weighted by Crippen LogP contribution is 2.24. The average Bonchev–Trinajstić information content (AvgIpc) is 2.61. The topological polar surface area (TPSA) is 55.8 Å². The fourth-order valence-electron chi connectivity index (χ4n) is 1.81. The minimum Gasteiger partial charge on any atom is -0.466 e. The SMILES string of the molecule is [B]N1C[C@H](C(=O)OCC)[C@@H](C(=O)OCC)C1. The van der Waals surface area contributed by atoms with Crippen molar-refractivity contribution in [3.8, 4) is 0 Å². The van der Waals surface area contributed by atoms with Crippen LogP contribution in [0.2, 0.25) is 0 Å². The van der Waals surface area contributed by atoms with E-state index in [1.165, 1.54) is 4.81 Å². The van der Waals surface area contributed by atoms with Crippen LogP contribution in [-0.4, -0.2) is 51.0 Å². The van der Waals surface area contributed by atoms with Gasteiger partial charge in [-0.3, -0.25) is 9.59 Å². The molecule has 1 rings (SSSR count). The lowest BCUT2D eigenvalue weighted by molar-refractivity contribution is -0.157. The van der Waals surface area contributed by atoms with Crippen LogP contribution < -0.4 is 0 Å². The maximum atomic E-state index is 11.6. The highest BCUT2D eigenvalue weighted by atomic mass is 16.5. The maximum absolute atomic E-state index is 11.6. The average molecular weight is 225 g/mol. The lowest BCUT2D eigenvalue weighted by Gasteiger charge is -2.15. The largest absolute Gasteiger partial charge is 0.466 e. The van der Waals surface area contributed by atoms with E-state index in [0.29, 0.717) is 26.3 Å². The minimum absolute atomic E-state index is 0.301. The summed E-state index contributed by atoms with van der Waals surface area (Å²) < 4.78 is 9.81. The zero-order valence-electron chi connectivity index (χ0n) is 9.64. The molecule has 0 aliphatic carbocycles. The van der Waals surface area contributed by atoms with E-state index in [2.05, 4.69) is 0 Å². The highest BCUT2D eigenvalue weighted by Gasteiger charge is 2.41. The molecule has 0 aromatic heterocycles. The Morgan fingerprint density at radius 2 is 1.50 bits per heavy atom. The molecular formula is C10H16BNO4. The first-order valence-electron chi connectivity index (χ1n) is 5.43. The van der Waals surface area contributed by atoms with Gasteiger partial charge in [0.2, 0.25) is 0 Å². The molecule has 5 nitrogen and oxygen atoms in total. The third-order valence-electron chi connectivity index (χ3n) is 2.53. The van der Waals surface area contributed by atoms with Gasteiger partial charge in [-0.1, -0.05) is 0 Å². The van der Waals surface area contributed by atoms with Gasteiger partial charge in [0, 0.05) is 13.1 Å². The summed E-state index contributed by atoms with van der Waals surface area (Å²) >= 11 is 0. The molecule has 88 valence electrons. The monoisotopic (exact) mass is 225 g/mol. The summed E-state index contributed by atoms with van der Waals surface area (Å²) in [4.78, 5) is 24.6. The molecule has 1 aliphatic heterocycles. The van der Waals surface area contributed by atoms with Gasteiger partial charge in [-0.05, 0) is 13.8 Å². The molecule has 1 aliphatic rings. The summed E-state index contributed by atoms with van der Waals surface area (Å²) in [5.74, 6) is -1.78. The van der Waals surface area contributed by atoms with Gasteiger partial charge in [0.1, 0.15) is 0 Å². The van der Waals surface area contributed by atoms with Gasteiger partial charge in [-0.15, -0.1) is 0 Å². The van der Waals surface area contributed by atoms with E-state index < -0.39 is 11.8 Å². The summed E-state index contributed by atoms with van der Waals surface area (Å²) in [5.41, 5.74) is 0. The number of nitrogens with zero attached hydrogens (tertiary/aromatic N) is 1. The maximum Gasteiger partial charge on any atom is 0.311 e. The number of ether oxygens (including phenoxy) is 2. The first-order valence-corrected chi connectivity index (χ1v) is 5.43. The number of carbonyl (C=O) groups excluding carboxylic acids is 2. The zero-order valence-corrected chi connectivity index (χ0v) is 9.64. The molecule has 0 spiro atoms. The Hall–Kier alpha value is -1.04. The molecule has 2 atom stereocenters. The Bertz CT molecular complexity index is 246. The fraction of sp³-hybridized carbons (Fsp3) is 0.800. The Morgan fingerprint density at radius 3 is 1.81 bits per heavy atom. The third kappa shape index (κ3) is 2.98. The number of hydrogen-bond donors (Lipinski definition) is 0. The molecule has 0 amide bonds. The van der Waals surface area contributed by atoms with E-state index in [9.17, 15) is 9.59 Å². The molecule has 0 aromatic carbocycles. The fourth-order valence-corrected chi connectivity index (χ4v) is 1.81. The second-order valence-electron chi connectivity index (χ2n) is 3.67. The summed E-state index contributed by atoms with van der Waals surface area (Å²) in [5, 5.41) is 0. The number of carbonyl (C=O) groups is 2. The molecular weight excluding hydrogens is 209 g/mol. The first-order chi connectivity index (χ1) is 7.60. The van der Waals surface area contributed by atoms with Crippen molar-refractivity contribution in [2.24, 2.45) is 11.8 Å². The van der Waals surface area contributed by atoms with Crippen LogP contribution in [0.1, 0.15) is 13.8 Å². The molecule has 0 bridgehead atoms. The summed E-state index contributed by atoms with van der Waals surface area (Å²) in [6.45, 7) is 4.73. The summed E-state index contributed by atoms with van der Waals surface area (Å²) in [6, 6.07) is 0. The van der Waals surface area contributed by atoms with Crippen LogP contribution in [0.3, 0.4) is 0 Å². The van der Waals surface area contributed by atoms with Gasteiger partial charge in [-0.2, -0.15) is 0 Å². The van der Waals surface area contributed by atoms with Crippen LogP contribution in [0.5, 0.6) is 0 Å². The summed E-state index contributed by atoms with van der Waals surface area (Å²) in [6.07, 6.45) is 0. The third-order valence-corrected chi connectivity index (χ3v) is 2.53. The van der Waals surface area contributed by atoms with Crippen LogP contribution in [0, 0.1) is 11.8 Å². The second-order valence-corrected chi connectivity index (χ2v) is 3.67. The summed E-state index contributed by atoms with van der Waals surface area (Å²) in [7, 11) is 5.60. The van der Waals surface area contributed by atoms with Gasteiger partial charge in [0.15, 0.2) is 7.98 Å². The Morgan fingerprint density at radius 1 is 1.12 bits per heavy atom. The quantitative estimate of drug-likeness (QED) is 0.487. The molecule has 16 heavy (non-hydrogen) atoms. The Kier molecular flexibility index (Phi) is 4.80. The van der Waals surface area contributed by atoms with Crippen LogP contribution >= 0.6 is 0 Å². The minimum atomic E-state index is -0.510. The van der Waals surface area contributed by atoms with Gasteiger partial charge >= 0.3 is 11.9 Å². The number of hydrogen-bond acceptors (Lipinski definition) is 5. The molecule has 2 radical (unpaired) electrons. The molecule has 1 saturated heterocycles. The van der Waals surface area contributed by atoms with Crippen molar-refractivity contribution in [2.45, 2.75) is 13.8 Å². The molecule has 1 fully saturated rings. The Balaban J connectivity index is 2.66. The molecule has 0 aromatic rings. The lowest BCUT2D eigenvalue weighted by Crippen LogP contribution is -2.31. The van der Waals surface area contributed by atoms with E-state index in [1.54, 1.807) is 13.8 Å². The van der Waals surface area contributed by atoms with Crippen molar-refractivity contribution >= 4 is 19.9 Å². The smallest absolute Gasteiger partial charge is 0.311 e. The lowest BCUT2D eigenvalue weighted by atomic mass is 9.96. The van der Waals surface area contributed by atoms with E-state index >= 15 is 0 Å². The van der Waals surface area contributed by atoms with Gasteiger partial charge in [0.05, 0.1) is 25.0 Å². The van der Waals surface area contributed by atoms with Crippen molar-refractivity contribution in [2.75, 3.05) is 26.3 Å². The molecule has 0 N–H and O–H groups in total. The molecule has 0 unspecified atom stereocenters. The van der Waals surface area contributed by atoms with Gasteiger partial charge in [-0.25, -0.2) is 0 Å².